The second kappa shape index (κ2) is 8.86. The van der Waals surface area contributed by atoms with Crippen LogP contribution in [0.15, 0.2) is 60.0 Å². The summed E-state index contributed by atoms with van der Waals surface area (Å²) in [7, 11) is 1.50. The van der Waals surface area contributed by atoms with Crippen molar-refractivity contribution < 1.29 is 19.0 Å². The zero-order chi connectivity index (χ0) is 22.7. The molecule has 0 bridgehead atoms. The fourth-order valence-corrected chi connectivity index (χ4v) is 3.77. The van der Waals surface area contributed by atoms with Gasteiger partial charge in [-0.3, -0.25) is 5.10 Å². The van der Waals surface area contributed by atoms with Gasteiger partial charge in [-0.05, 0) is 36.2 Å². The van der Waals surface area contributed by atoms with Crippen molar-refractivity contribution in [1.29, 1.82) is 5.26 Å². The highest BCUT2D eigenvalue weighted by Crippen LogP contribution is 2.45. The van der Waals surface area contributed by atoms with E-state index in [0.29, 0.717) is 22.8 Å². The molecule has 162 valence electrons. The van der Waals surface area contributed by atoms with Gasteiger partial charge in [-0.1, -0.05) is 37.6 Å². The Morgan fingerprint density at radius 3 is 2.72 bits per heavy atom. The summed E-state index contributed by atoms with van der Waals surface area (Å²) in [6.45, 7) is 2.05. The van der Waals surface area contributed by atoms with Gasteiger partial charge in [0.05, 0.1) is 18.6 Å². The van der Waals surface area contributed by atoms with Crippen LogP contribution in [0, 0.1) is 11.3 Å². The molecule has 3 N–H and O–H groups in total. The van der Waals surface area contributed by atoms with E-state index in [0.717, 1.165) is 24.1 Å². The normalized spacial score (nSPS) is 14.8. The number of aromatic nitrogens is 2. The smallest absolute Gasteiger partial charge is 0.343 e. The third-order valence-corrected chi connectivity index (χ3v) is 5.25. The highest BCUT2D eigenvalue weighted by atomic mass is 16.6. The Labute approximate surface area is 185 Å². The molecule has 0 fully saturated rings. The van der Waals surface area contributed by atoms with E-state index in [1.54, 1.807) is 36.4 Å². The quantitative estimate of drug-likeness (QED) is 0.450. The number of nitriles is 1. The minimum Gasteiger partial charge on any atom is -0.493 e. The molecule has 4 rings (SSSR count). The lowest BCUT2D eigenvalue weighted by molar-refractivity contribution is 0.0729. The van der Waals surface area contributed by atoms with Crippen LogP contribution in [-0.2, 0) is 6.42 Å². The van der Waals surface area contributed by atoms with Gasteiger partial charge in [0, 0.05) is 11.3 Å². The molecule has 8 nitrogen and oxygen atoms in total. The van der Waals surface area contributed by atoms with Gasteiger partial charge in [0.15, 0.2) is 11.5 Å². The molecule has 32 heavy (non-hydrogen) atoms. The van der Waals surface area contributed by atoms with Crippen LogP contribution in [0.2, 0.25) is 0 Å². The maximum atomic E-state index is 12.6. The van der Waals surface area contributed by atoms with E-state index in [4.69, 9.17) is 19.9 Å². The number of ether oxygens (including phenoxy) is 3. The molecule has 0 amide bonds. The molecule has 1 aliphatic heterocycles. The van der Waals surface area contributed by atoms with Gasteiger partial charge in [0.2, 0.25) is 11.8 Å². The Hall–Kier alpha value is -4.25. The van der Waals surface area contributed by atoms with Crippen molar-refractivity contribution in [3.8, 4) is 23.4 Å². The Kier molecular flexibility index (Phi) is 5.81. The van der Waals surface area contributed by atoms with Gasteiger partial charge in [0.1, 0.15) is 11.6 Å². The van der Waals surface area contributed by atoms with Gasteiger partial charge in [-0.15, -0.1) is 5.10 Å². The molecule has 1 aliphatic rings. The number of nitrogens with two attached hydrogens (primary N) is 1. The molecular formula is C24H22N4O4. The predicted molar refractivity (Wildman–Crippen MR) is 116 cm³/mol. The Morgan fingerprint density at radius 1 is 1.25 bits per heavy atom. The van der Waals surface area contributed by atoms with Gasteiger partial charge >= 0.3 is 5.97 Å². The van der Waals surface area contributed by atoms with Crippen molar-refractivity contribution in [3.05, 3.63) is 82.4 Å². The van der Waals surface area contributed by atoms with E-state index in [1.165, 1.54) is 7.11 Å². The summed E-state index contributed by atoms with van der Waals surface area (Å²) >= 11 is 0. The number of hydrogen-bond donors (Lipinski definition) is 2. The topological polar surface area (TPSA) is 123 Å². The first-order valence-corrected chi connectivity index (χ1v) is 10.2. The number of carbonyl (C=O) groups is 1. The average Bonchev–Trinajstić information content (AvgIpc) is 3.20. The molecule has 8 heteroatoms. The number of fused-ring (bicyclic) bond motifs is 1. The number of nitrogens with zero attached hydrogens (tertiary/aromatic N) is 2. The van der Waals surface area contributed by atoms with E-state index in [2.05, 4.69) is 23.2 Å². The van der Waals surface area contributed by atoms with Crippen LogP contribution in [0.5, 0.6) is 17.4 Å². The Balaban J connectivity index is 1.80. The van der Waals surface area contributed by atoms with Gasteiger partial charge < -0.3 is 19.9 Å². The van der Waals surface area contributed by atoms with Crippen LogP contribution < -0.4 is 19.9 Å². The molecule has 0 aliphatic carbocycles. The number of rotatable bonds is 6. The molecule has 1 atom stereocenters. The lowest BCUT2D eigenvalue weighted by Gasteiger charge is -2.24. The molecule has 2 heterocycles. The number of aryl methyl sites for hydroxylation is 1. The van der Waals surface area contributed by atoms with Crippen LogP contribution >= 0.6 is 0 Å². The lowest BCUT2D eigenvalue weighted by atomic mass is 9.83. The summed E-state index contributed by atoms with van der Waals surface area (Å²) in [6.07, 6.45) is 1.61. The molecule has 0 saturated heterocycles. The maximum Gasteiger partial charge on any atom is 0.343 e. The maximum absolute atomic E-state index is 12.6. The first-order valence-electron chi connectivity index (χ1n) is 10.2. The van der Waals surface area contributed by atoms with Gasteiger partial charge in [-0.2, -0.15) is 5.26 Å². The second-order valence-corrected chi connectivity index (χ2v) is 7.26. The van der Waals surface area contributed by atoms with E-state index in [-0.39, 0.29) is 17.2 Å². The highest BCUT2D eigenvalue weighted by Gasteiger charge is 2.35. The minimum absolute atomic E-state index is 0.00167. The monoisotopic (exact) mass is 430 g/mol. The molecule has 0 saturated carbocycles. The van der Waals surface area contributed by atoms with Crippen molar-refractivity contribution in [2.45, 2.75) is 25.7 Å². The number of carbonyl (C=O) groups excluding carboxylic acids is 1. The summed E-state index contributed by atoms with van der Waals surface area (Å²) < 4.78 is 16.6. The second-order valence-electron chi connectivity index (χ2n) is 7.26. The molecule has 2 aromatic carbocycles. The fourth-order valence-electron chi connectivity index (χ4n) is 3.77. The number of esters is 1. The summed E-state index contributed by atoms with van der Waals surface area (Å²) in [5, 5.41) is 17.1. The first kappa shape index (κ1) is 21.0. The van der Waals surface area contributed by atoms with E-state index < -0.39 is 11.9 Å². The third-order valence-electron chi connectivity index (χ3n) is 5.25. The van der Waals surface area contributed by atoms with Gasteiger partial charge in [-0.25, -0.2) is 4.79 Å². The number of H-pyrrole nitrogens is 1. The number of hydrogen-bond acceptors (Lipinski definition) is 7. The number of allylic oxidation sites excluding steroid dienone is 1. The Morgan fingerprint density at radius 2 is 2.03 bits per heavy atom. The van der Waals surface area contributed by atoms with Gasteiger partial charge in [0.25, 0.3) is 0 Å². The number of nitrogens with one attached hydrogen (secondary N) is 1. The third kappa shape index (κ3) is 3.76. The zero-order valence-electron chi connectivity index (χ0n) is 17.7. The summed E-state index contributed by atoms with van der Waals surface area (Å²) in [4.78, 5) is 12.6. The van der Waals surface area contributed by atoms with Crippen LogP contribution in [0.4, 0.5) is 0 Å². The van der Waals surface area contributed by atoms with E-state index >= 15 is 0 Å². The number of methoxy groups -OCH3 is 1. The van der Waals surface area contributed by atoms with Crippen molar-refractivity contribution in [1.82, 2.24) is 10.2 Å². The van der Waals surface area contributed by atoms with Crippen LogP contribution in [-0.4, -0.2) is 23.3 Å². The zero-order valence-corrected chi connectivity index (χ0v) is 17.7. The fraction of sp³-hybridized carbons (Fsp3) is 0.208. The molecular weight excluding hydrogens is 408 g/mol. The van der Waals surface area contributed by atoms with Crippen molar-refractivity contribution in [2.24, 2.45) is 5.73 Å². The van der Waals surface area contributed by atoms with Crippen LogP contribution in [0.25, 0.3) is 0 Å². The van der Waals surface area contributed by atoms with E-state index in [1.807, 2.05) is 12.1 Å². The number of aromatic amines is 1. The summed E-state index contributed by atoms with van der Waals surface area (Å²) in [5.74, 6) is -0.0692. The molecule has 3 aromatic rings. The van der Waals surface area contributed by atoms with Crippen molar-refractivity contribution in [2.75, 3.05) is 7.11 Å². The van der Waals surface area contributed by atoms with Crippen molar-refractivity contribution in [3.63, 3.8) is 0 Å². The minimum atomic E-state index is -0.524. The molecule has 0 spiro atoms. The average molecular weight is 430 g/mol. The summed E-state index contributed by atoms with van der Waals surface area (Å²) in [5.41, 5.74) is 9.03. The molecule has 1 aromatic heterocycles. The largest absolute Gasteiger partial charge is 0.493 e. The van der Waals surface area contributed by atoms with Crippen molar-refractivity contribution >= 4 is 5.97 Å². The molecule has 0 unspecified atom stereocenters. The standard InChI is InChI=1S/C24H22N4O4/c1-3-7-17-21-20(16(13-25)22(26)32-23(21)28-27-17)15-10-11-18(30-2)19(12-15)31-24(29)14-8-5-4-6-9-14/h4-6,8-12,20H,3,7,26H2,1-2H3,(H,27,28)/t20-/m1/s1. The van der Waals surface area contributed by atoms with Crippen LogP contribution in [0.3, 0.4) is 0 Å². The number of benzene rings is 2. The molecule has 0 radical (unpaired) electrons. The lowest BCUT2D eigenvalue weighted by Crippen LogP contribution is -2.21. The SMILES string of the molecule is CCCc1[nH]nc2c1[C@H](c1ccc(OC)c(OC(=O)c3ccccc3)c1)C(C#N)=C(N)O2. The van der Waals surface area contributed by atoms with Crippen LogP contribution in [0.1, 0.15) is 46.4 Å². The summed E-state index contributed by atoms with van der Waals surface area (Å²) in [6, 6.07) is 16.0. The highest BCUT2D eigenvalue weighted by molar-refractivity contribution is 5.91. The first-order chi connectivity index (χ1) is 15.6. The van der Waals surface area contributed by atoms with E-state index in [9.17, 15) is 10.1 Å². The predicted octanol–water partition coefficient (Wildman–Crippen LogP) is 3.81. The Bertz CT molecular complexity index is 1220.